The molecule has 0 N–H and O–H groups in total. The van der Waals surface area contributed by atoms with E-state index in [2.05, 4.69) is 6.58 Å². The maximum Gasteiger partial charge on any atom is 0.330 e. The number of carbonyl (C=O) groups is 1. The van der Waals surface area contributed by atoms with Crippen molar-refractivity contribution < 1.29 is 14.3 Å². The Kier molecular flexibility index (Phi) is 5.68. The lowest BCUT2D eigenvalue weighted by molar-refractivity contribution is -0.142. The number of hydrogen-bond donors (Lipinski definition) is 0. The van der Waals surface area contributed by atoms with E-state index in [9.17, 15) is 9.59 Å². The number of ether oxygens (including phenoxy) is 2. The lowest BCUT2D eigenvalue weighted by atomic mass is 10.1. The SMILES string of the molecule is C=CC(=O)OC(C)CCCOc1cccc2sc3ccccc3c(=O)c12. The van der Waals surface area contributed by atoms with Crippen LogP contribution in [0, 0.1) is 0 Å². The molecule has 4 nitrogen and oxygen atoms in total. The average molecular weight is 368 g/mol. The summed E-state index contributed by atoms with van der Waals surface area (Å²) in [6.07, 6.45) is 2.36. The zero-order valence-corrected chi connectivity index (χ0v) is 15.4. The van der Waals surface area contributed by atoms with Gasteiger partial charge in [0.2, 0.25) is 0 Å². The Hall–Kier alpha value is -2.66. The number of rotatable bonds is 7. The first-order valence-corrected chi connectivity index (χ1v) is 9.32. The fourth-order valence-electron chi connectivity index (χ4n) is 2.79. The Labute approximate surface area is 155 Å². The van der Waals surface area contributed by atoms with Crippen molar-refractivity contribution in [3.05, 3.63) is 65.3 Å². The Bertz CT molecular complexity index is 1010. The van der Waals surface area contributed by atoms with E-state index >= 15 is 0 Å². The molecule has 5 heteroatoms. The molecule has 1 atom stereocenters. The van der Waals surface area contributed by atoms with Crippen molar-refractivity contribution in [1.82, 2.24) is 0 Å². The molecule has 0 saturated carbocycles. The van der Waals surface area contributed by atoms with Crippen molar-refractivity contribution in [2.45, 2.75) is 25.9 Å². The van der Waals surface area contributed by atoms with Crippen LogP contribution in [0.1, 0.15) is 19.8 Å². The second-order valence-corrected chi connectivity index (χ2v) is 7.08. The molecule has 0 bridgehead atoms. The molecule has 0 aliphatic heterocycles. The van der Waals surface area contributed by atoms with Gasteiger partial charge >= 0.3 is 5.97 Å². The number of carbonyl (C=O) groups excluding carboxylic acids is 1. The second kappa shape index (κ2) is 8.15. The molecule has 0 saturated heterocycles. The van der Waals surface area contributed by atoms with E-state index in [4.69, 9.17) is 9.47 Å². The molecule has 26 heavy (non-hydrogen) atoms. The van der Waals surface area contributed by atoms with Crippen LogP contribution in [0.4, 0.5) is 0 Å². The van der Waals surface area contributed by atoms with Crippen LogP contribution in [0.3, 0.4) is 0 Å². The third-order valence-corrected chi connectivity index (χ3v) is 5.20. The van der Waals surface area contributed by atoms with Gasteiger partial charge in [0.1, 0.15) is 5.75 Å². The summed E-state index contributed by atoms with van der Waals surface area (Å²) in [6.45, 7) is 5.67. The van der Waals surface area contributed by atoms with Crippen LogP contribution in [0.5, 0.6) is 5.75 Å². The molecule has 0 amide bonds. The summed E-state index contributed by atoms with van der Waals surface area (Å²) in [4.78, 5) is 24.0. The molecule has 0 fully saturated rings. The maximum absolute atomic E-state index is 12.9. The number of hydrogen-bond acceptors (Lipinski definition) is 5. The normalized spacial score (nSPS) is 12.0. The van der Waals surface area contributed by atoms with Crippen LogP contribution in [0.2, 0.25) is 0 Å². The summed E-state index contributed by atoms with van der Waals surface area (Å²) >= 11 is 1.59. The first-order chi connectivity index (χ1) is 12.6. The molecule has 1 unspecified atom stereocenters. The number of benzene rings is 2. The van der Waals surface area contributed by atoms with Gasteiger partial charge in [-0.1, -0.05) is 24.8 Å². The molecule has 0 spiro atoms. The monoisotopic (exact) mass is 368 g/mol. The molecule has 3 aromatic rings. The molecule has 3 rings (SSSR count). The predicted molar refractivity (Wildman–Crippen MR) is 106 cm³/mol. The Morgan fingerprint density at radius 3 is 2.77 bits per heavy atom. The van der Waals surface area contributed by atoms with Crippen molar-refractivity contribution in [3.8, 4) is 5.75 Å². The molecule has 0 aliphatic carbocycles. The molecular weight excluding hydrogens is 348 g/mol. The summed E-state index contributed by atoms with van der Waals surface area (Å²) in [5, 5.41) is 1.34. The van der Waals surface area contributed by atoms with Gasteiger partial charge in [-0.2, -0.15) is 0 Å². The largest absolute Gasteiger partial charge is 0.493 e. The molecule has 1 heterocycles. The highest BCUT2D eigenvalue weighted by Gasteiger charge is 2.11. The van der Waals surface area contributed by atoms with E-state index in [0.717, 1.165) is 15.5 Å². The zero-order chi connectivity index (χ0) is 18.5. The molecule has 0 aliphatic rings. The van der Waals surface area contributed by atoms with Crippen molar-refractivity contribution in [1.29, 1.82) is 0 Å². The van der Waals surface area contributed by atoms with Gasteiger partial charge in [-0.05, 0) is 44.0 Å². The lowest BCUT2D eigenvalue weighted by Crippen LogP contribution is -2.14. The van der Waals surface area contributed by atoms with Gasteiger partial charge in [-0.15, -0.1) is 11.3 Å². The van der Waals surface area contributed by atoms with Crippen molar-refractivity contribution >= 4 is 37.5 Å². The van der Waals surface area contributed by atoms with Gasteiger partial charge in [0, 0.05) is 20.9 Å². The van der Waals surface area contributed by atoms with Crippen LogP contribution >= 0.6 is 11.3 Å². The minimum atomic E-state index is -0.420. The standard InChI is InChI=1S/C21H20O4S/c1-3-19(22)25-14(2)8-7-13-24-16-10-6-12-18-20(16)21(23)15-9-4-5-11-17(15)26-18/h3-6,9-12,14H,1,7-8,13H2,2H3. The van der Waals surface area contributed by atoms with Crippen LogP contribution in [-0.4, -0.2) is 18.7 Å². The minimum Gasteiger partial charge on any atom is -0.493 e. The third kappa shape index (κ3) is 3.94. The number of esters is 1. The Morgan fingerprint density at radius 1 is 1.19 bits per heavy atom. The highest BCUT2D eigenvalue weighted by Crippen LogP contribution is 2.30. The van der Waals surface area contributed by atoms with Gasteiger partial charge in [0.15, 0.2) is 5.43 Å². The first kappa shape index (κ1) is 18.1. The molecule has 1 aromatic heterocycles. The van der Waals surface area contributed by atoms with Gasteiger partial charge < -0.3 is 9.47 Å². The van der Waals surface area contributed by atoms with Gasteiger partial charge in [0.25, 0.3) is 0 Å². The van der Waals surface area contributed by atoms with Gasteiger partial charge in [-0.25, -0.2) is 4.79 Å². The Morgan fingerprint density at radius 2 is 1.96 bits per heavy atom. The van der Waals surface area contributed by atoms with E-state index < -0.39 is 5.97 Å². The van der Waals surface area contributed by atoms with E-state index in [-0.39, 0.29) is 11.5 Å². The van der Waals surface area contributed by atoms with Crippen molar-refractivity contribution in [2.75, 3.05) is 6.61 Å². The van der Waals surface area contributed by atoms with Gasteiger partial charge in [-0.3, -0.25) is 4.79 Å². The minimum absolute atomic E-state index is 0.00164. The summed E-state index contributed by atoms with van der Waals surface area (Å²) in [6, 6.07) is 13.3. The van der Waals surface area contributed by atoms with Crippen LogP contribution < -0.4 is 10.2 Å². The predicted octanol–water partition coefficient (Wildman–Crippen LogP) is 4.69. The summed E-state index contributed by atoms with van der Waals surface area (Å²) in [5.41, 5.74) is -0.00164. The van der Waals surface area contributed by atoms with E-state index in [1.165, 1.54) is 0 Å². The van der Waals surface area contributed by atoms with E-state index in [1.54, 1.807) is 11.3 Å². The summed E-state index contributed by atoms with van der Waals surface area (Å²) in [5.74, 6) is 0.182. The fraction of sp³-hybridized carbons (Fsp3) is 0.238. The maximum atomic E-state index is 12.9. The van der Waals surface area contributed by atoms with Crippen LogP contribution in [0.15, 0.2) is 59.9 Å². The fourth-order valence-corrected chi connectivity index (χ4v) is 3.89. The smallest absolute Gasteiger partial charge is 0.330 e. The summed E-state index contributed by atoms with van der Waals surface area (Å²) < 4.78 is 12.9. The molecular formula is C21H20O4S. The highest BCUT2D eigenvalue weighted by atomic mass is 32.1. The highest BCUT2D eigenvalue weighted by molar-refractivity contribution is 7.24. The topological polar surface area (TPSA) is 52.6 Å². The van der Waals surface area contributed by atoms with Gasteiger partial charge in [0.05, 0.1) is 18.1 Å². The first-order valence-electron chi connectivity index (χ1n) is 8.50. The van der Waals surface area contributed by atoms with Crippen molar-refractivity contribution in [3.63, 3.8) is 0 Å². The average Bonchev–Trinajstić information content (AvgIpc) is 2.65. The third-order valence-electron chi connectivity index (χ3n) is 4.06. The lowest BCUT2D eigenvalue weighted by Gasteiger charge is -2.13. The van der Waals surface area contributed by atoms with Crippen LogP contribution in [0.25, 0.3) is 20.2 Å². The summed E-state index contributed by atoms with van der Waals surface area (Å²) in [7, 11) is 0. The quantitative estimate of drug-likeness (QED) is 0.263. The van der Waals surface area contributed by atoms with Crippen molar-refractivity contribution in [2.24, 2.45) is 0 Å². The second-order valence-electron chi connectivity index (χ2n) is 6.00. The zero-order valence-electron chi connectivity index (χ0n) is 14.6. The molecule has 2 aromatic carbocycles. The number of fused-ring (bicyclic) bond motifs is 2. The van der Waals surface area contributed by atoms with E-state index in [0.29, 0.717) is 36.0 Å². The molecule has 0 radical (unpaired) electrons. The molecule has 134 valence electrons. The van der Waals surface area contributed by atoms with Crippen LogP contribution in [-0.2, 0) is 9.53 Å². The Balaban J connectivity index is 1.74. The van der Waals surface area contributed by atoms with E-state index in [1.807, 2.05) is 49.4 Å².